The number of para-hydroxylation sites is 1. The van der Waals surface area contributed by atoms with E-state index in [2.05, 4.69) is 45.4 Å². The van der Waals surface area contributed by atoms with Crippen molar-refractivity contribution in [2.45, 2.75) is 12.8 Å². The number of nitrogens with one attached hydrogen (secondary N) is 1. The van der Waals surface area contributed by atoms with Crippen molar-refractivity contribution >= 4 is 39.0 Å². The van der Waals surface area contributed by atoms with E-state index < -0.39 is 0 Å². The highest BCUT2D eigenvalue weighted by atomic mass is 32.1. The highest BCUT2D eigenvalue weighted by Gasteiger charge is 2.21. The minimum Gasteiger partial charge on any atom is -0.497 e. The minimum atomic E-state index is -0.0187. The molecule has 0 atom stereocenters. The fourth-order valence-electron chi connectivity index (χ4n) is 4.58. The Morgan fingerprint density at radius 3 is 2.66 bits per heavy atom. The Morgan fingerprint density at radius 2 is 1.80 bits per heavy atom. The smallest absolute Gasteiger partial charge is 0.228 e. The van der Waals surface area contributed by atoms with Crippen LogP contribution < -0.4 is 15.0 Å². The molecule has 3 aromatic carbocycles. The van der Waals surface area contributed by atoms with Crippen LogP contribution in [0.4, 0.5) is 11.5 Å². The number of methoxy groups -OCH3 is 1. The first-order valence-electron chi connectivity index (χ1n) is 12.0. The van der Waals surface area contributed by atoms with Crippen molar-refractivity contribution in [2.24, 2.45) is 0 Å². The fraction of sp³-hybridized carbons (Fsp3) is 0.286. The van der Waals surface area contributed by atoms with Gasteiger partial charge in [-0.3, -0.25) is 9.69 Å². The number of anilines is 2. The van der Waals surface area contributed by atoms with Crippen LogP contribution in [0.2, 0.25) is 0 Å². The molecular formula is C28H30N4O2S. The van der Waals surface area contributed by atoms with E-state index in [4.69, 9.17) is 9.11 Å². The number of hydrogen-bond donors (Lipinski definition) is 1. The van der Waals surface area contributed by atoms with Crippen molar-refractivity contribution in [3.05, 3.63) is 83.9 Å². The van der Waals surface area contributed by atoms with Crippen LogP contribution in [0.5, 0.6) is 5.75 Å². The Hall–Kier alpha value is -3.42. The number of ether oxygens (including phenoxy) is 1. The summed E-state index contributed by atoms with van der Waals surface area (Å²) in [6, 6.07) is 24.2. The third kappa shape index (κ3) is 5.63. The van der Waals surface area contributed by atoms with Crippen LogP contribution in [0.1, 0.15) is 11.1 Å². The van der Waals surface area contributed by atoms with Gasteiger partial charge in [-0.05, 0) is 59.4 Å². The summed E-state index contributed by atoms with van der Waals surface area (Å²) in [6.45, 7) is 4.94. The molecule has 180 valence electrons. The first-order chi connectivity index (χ1) is 17.2. The maximum atomic E-state index is 12.7. The number of carbonyl (C=O) groups excluding carboxylic acids is 1. The summed E-state index contributed by atoms with van der Waals surface area (Å²) in [5, 5.41) is 4.37. The quantitative estimate of drug-likeness (QED) is 0.386. The molecule has 1 N–H and O–H groups in total. The van der Waals surface area contributed by atoms with E-state index in [1.165, 1.54) is 15.6 Å². The van der Waals surface area contributed by atoms with Crippen molar-refractivity contribution in [3.8, 4) is 5.75 Å². The monoisotopic (exact) mass is 486 g/mol. The molecule has 7 heteroatoms. The third-order valence-corrected chi connectivity index (χ3v) is 7.33. The number of amides is 1. The molecule has 0 unspecified atom stereocenters. The van der Waals surface area contributed by atoms with E-state index in [1.54, 1.807) is 18.6 Å². The molecule has 1 aliphatic rings. The molecule has 2 heterocycles. The van der Waals surface area contributed by atoms with Gasteiger partial charge >= 0.3 is 0 Å². The average molecular weight is 487 g/mol. The van der Waals surface area contributed by atoms with E-state index in [-0.39, 0.29) is 5.91 Å². The lowest BCUT2D eigenvalue weighted by molar-refractivity contribution is -0.115. The molecule has 0 aliphatic carbocycles. The summed E-state index contributed by atoms with van der Waals surface area (Å²) in [5.74, 6) is 1.86. The van der Waals surface area contributed by atoms with Crippen molar-refractivity contribution in [1.82, 2.24) is 9.27 Å². The Kier molecular flexibility index (Phi) is 7.25. The SMILES string of the molecule is COc1cccc(CC(=O)Nc2ccccc2CCN2CCN(c3nsc4ccccc34)CC2)c1. The Labute approximate surface area is 210 Å². The normalized spacial score (nSPS) is 14.3. The van der Waals surface area contributed by atoms with Crippen molar-refractivity contribution in [3.63, 3.8) is 0 Å². The Bertz CT molecular complexity index is 1300. The molecule has 35 heavy (non-hydrogen) atoms. The summed E-state index contributed by atoms with van der Waals surface area (Å²) < 4.78 is 11.2. The number of rotatable bonds is 8. The van der Waals surface area contributed by atoms with Crippen LogP contribution in [0, 0.1) is 0 Å². The standard InChI is InChI=1S/C28H30N4O2S/c1-34-23-9-6-7-21(19-23)20-27(33)29-25-11-4-2-8-22(25)13-14-31-15-17-32(18-16-31)28-24-10-3-5-12-26(24)35-30-28/h2-12,19H,13-18,20H2,1H3,(H,29,33). The zero-order valence-corrected chi connectivity index (χ0v) is 20.8. The van der Waals surface area contributed by atoms with Crippen LogP contribution in [0.3, 0.4) is 0 Å². The number of fused-ring (bicyclic) bond motifs is 1. The van der Waals surface area contributed by atoms with Gasteiger partial charge in [0.15, 0.2) is 0 Å². The van der Waals surface area contributed by atoms with Gasteiger partial charge in [-0.15, -0.1) is 0 Å². The van der Waals surface area contributed by atoms with Crippen LogP contribution in [0.25, 0.3) is 10.1 Å². The van der Waals surface area contributed by atoms with E-state index in [0.29, 0.717) is 6.42 Å². The van der Waals surface area contributed by atoms with Crippen molar-refractivity contribution in [2.75, 3.05) is 50.1 Å². The maximum Gasteiger partial charge on any atom is 0.228 e. The summed E-state index contributed by atoms with van der Waals surface area (Å²) in [5.41, 5.74) is 3.00. The van der Waals surface area contributed by atoms with Crippen LogP contribution >= 0.6 is 11.5 Å². The molecular weight excluding hydrogens is 456 g/mol. The fourth-order valence-corrected chi connectivity index (χ4v) is 5.38. The number of piperazine rings is 1. The lowest BCUT2D eigenvalue weighted by atomic mass is 10.1. The number of hydrogen-bond acceptors (Lipinski definition) is 6. The summed E-state index contributed by atoms with van der Waals surface area (Å²) in [4.78, 5) is 17.6. The third-order valence-electron chi connectivity index (χ3n) is 6.52. The van der Waals surface area contributed by atoms with Gasteiger partial charge in [0, 0.05) is 43.8 Å². The molecule has 4 aromatic rings. The summed E-state index contributed by atoms with van der Waals surface area (Å²) in [7, 11) is 1.64. The van der Waals surface area contributed by atoms with E-state index in [1.807, 2.05) is 42.5 Å². The molecule has 5 rings (SSSR count). The minimum absolute atomic E-state index is 0.0187. The van der Waals surface area contributed by atoms with Gasteiger partial charge < -0.3 is 15.0 Å². The van der Waals surface area contributed by atoms with Gasteiger partial charge in [-0.1, -0.05) is 42.5 Å². The highest BCUT2D eigenvalue weighted by molar-refractivity contribution is 7.13. The number of aromatic nitrogens is 1. The van der Waals surface area contributed by atoms with Crippen LogP contribution in [-0.2, 0) is 17.6 Å². The first kappa shape index (κ1) is 23.3. The predicted octanol–water partition coefficient (Wildman–Crippen LogP) is 4.85. The molecule has 1 amide bonds. The number of benzene rings is 3. The molecule has 0 saturated carbocycles. The van der Waals surface area contributed by atoms with E-state index in [9.17, 15) is 4.79 Å². The second kappa shape index (κ2) is 10.9. The Morgan fingerprint density at radius 1 is 1.00 bits per heavy atom. The van der Waals surface area contributed by atoms with Gasteiger partial charge in [0.05, 0.1) is 18.2 Å². The Balaban J connectivity index is 1.15. The zero-order chi connectivity index (χ0) is 24.0. The van der Waals surface area contributed by atoms with Crippen LogP contribution in [-0.4, -0.2) is 55.0 Å². The molecule has 1 fully saturated rings. The lowest BCUT2D eigenvalue weighted by Gasteiger charge is -2.35. The topological polar surface area (TPSA) is 57.7 Å². The molecule has 1 aliphatic heterocycles. The number of nitrogens with zero attached hydrogens (tertiary/aromatic N) is 3. The molecule has 6 nitrogen and oxygen atoms in total. The highest BCUT2D eigenvalue weighted by Crippen LogP contribution is 2.30. The summed E-state index contributed by atoms with van der Waals surface area (Å²) >= 11 is 1.58. The molecule has 1 aromatic heterocycles. The molecule has 0 radical (unpaired) electrons. The van der Waals surface area contributed by atoms with E-state index >= 15 is 0 Å². The second-order valence-electron chi connectivity index (χ2n) is 8.81. The zero-order valence-electron chi connectivity index (χ0n) is 19.9. The molecule has 1 saturated heterocycles. The van der Waals surface area contributed by atoms with Gasteiger partial charge in [0.25, 0.3) is 0 Å². The van der Waals surface area contributed by atoms with Gasteiger partial charge in [0.1, 0.15) is 11.6 Å². The van der Waals surface area contributed by atoms with Crippen LogP contribution in [0.15, 0.2) is 72.8 Å². The molecule has 0 spiro atoms. The average Bonchev–Trinajstić information content (AvgIpc) is 3.33. The largest absolute Gasteiger partial charge is 0.497 e. The van der Waals surface area contributed by atoms with Gasteiger partial charge in [-0.25, -0.2) is 0 Å². The van der Waals surface area contributed by atoms with E-state index in [0.717, 1.165) is 62.0 Å². The summed E-state index contributed by atoms with van der Waals surface area (Å²) in [6.07, 6.45) is 1.22. The number of carbonyl (C=O) groups is 1. The van der Waals surface area contributed by atoms with Gasteiger partial charge in [-0.2, -0.15) is 4.37 Å². The maximum absolute atomic E-state index is 12.7. The first-order valence-corrected chi connectivity index (χ1v) is 12.8. The van der Waals surface area contributed by atoms with Gasteiger partial charge in [0.2, 0.25) is 5.91 Å². The second-order valence-corrected chi connectivity index (χ2v) is 9.62. The van der Waals surface area contributed by atoms with Crippen molar-refractivity contribution < 1.29 is 9.53 Å². The van der Waals surface area contributed by atoms with Crippen molar-refractivity contribution in [1.29, 1.82) is 0 Å². The lowest BCUT2D eigenvalue weighted by Crippen LogP contribution is -2.47. The predicted molar refractivity (Wildman–Crippen MR) is 144 cm³/mol. The molecule has 0 bridgehead atoms.